The summed E-state index contributed by atoms with van der Waals surface area (Å²) in [5.74, 6) is -0.963. The van der Waals surface area contributed by atoms with E-state index in [1.807, 2.05) is 25.1 Å². The number of fused-ring (bicyclic) bond motifs is 1. The van der Waals surface area contributed by atoms with Gasteiger partial charge in [0.25, 0.3) is 5.91 Å². The summed E-state index contributed by atoms with van der Waals surface area (Å²) in [6.07, 6.45) is 3.10. The number of anilines is 3. The molecule has 5 aromatic rings. The summed E-state index contributed by atoms with van der Waals surface area (Å²) in [4.78, 5) is 25.5. The first kappa shape index (κ1) is 22.4. The van der Waals surface area contributed by atoms with Crippen molar-refractivity contribution in [1.29, 1.82) is 5.26 Å². The number of aromatic amines is 1. The number of nitrogen functional groups attached to an aromatic ring is 1. The predicted molar refractivity (Wildman–Crippen MR) is 132 cm³/mol. The lowest BCUT2D eigenvalue weighted by Crippen LogP contribution is -2.18. The highest BCUT2D eigenvalue weighted by molar-refractivity contribution is 6.04. The minimum atomic E-state index is -0.838. The number of aryl methyl sites for hydroxylation is 1. The molecule has 0 saturated heterocycles. The number of amides is 1. The molecule has 0 fully saturated rings. The Kier molecular flexibility index (Phi) is 5.46. The van der Waals surface area contributed by atoms with E-state index >= 15 is 0 Å². The second-order valence-corrected chi connectivity index (χ2v) is 7.97. The number of aromatic nitrogens is 5. The van der Waals surface area contributed by atoms with Gasteiger partial charge in [-0.25, -0.2) is 19.3 Å². The van der Waals surface area contributed by atoms with E-state index in [1.54, 1.807) is 12.3 Å². The molecule has 2 aromatic carbocycles. The Labute approximate surface area is 203 Å². The van der Waals surface area contributed by atoms with Crippen molar-refractivity contribution >= 4 is 34.0 Å². The minimum absolute atomic E-state index is 0.0167. The normalized spacial score (nSPS) is 10.8. The Morgan fingerprint density at radius 3 is 2.78 bits per heavy atom. The highest BCUT2D eigenvalue weighted by Gasteiger charge is 2.22. The molecule has 0 aliphatic heterocycles. The Bertz CT molecular complexity index is 1700. The molecular weight excluding hydrogens is 461 g/mol. The van der Waals surface area contributed by atoms with Crippen molar-refractivity contribution in [2.45, 2.75) is 6.92 Å². The van der Waals surface area contributed by atoms with Crippen LogP contribution in [0, 0.1) is 24.1 Å². The van der Waals surface area contributed by atoms with Crippen LogP contribution >= 0.6 is 0 Å². The molecule has 0 unspecified atom stereocenters. The lowest BCUT2D eigenvalue weighted by Gasteiger charge is -2.16. The summed E-state index contributed by atoms with van der Waals surface area (Å²) < 4.78 is 14.3. The standard InChI is InChI=1S/C25H18FN9O/c1-12-2-5-17-16(11-31-35-17)20(12)22-21(28)23(24(29)36)34-25(33-22)15-4-3-14(26)9-18(15)32-19-8-13(10-27)6-7-30-19/h2-9,11H,28H2,1H3,(H2,29,36)(H,30,32)(H,31,35). The Morgan fingerprint density at radius 2 is 2.00 bits per heavy atom. The Balaban J connectivity index is 1.74. The van der Waals surface area contributed by atoms with Crippen molar-refractivity contribution in [3.8, 4) is 28.7 Å². The Hall–Kier alpha value is -5.37. The summed E-state index contributed by atoms with van der Waals surface area (Å²) in [6.45, 7) is 1.88. The fourth-order valence-electron chi connectivity index (χ4n) is 3.93. The molecule has 176 valence electrons. The van der Waals surface area contributed by atoms with Crippen LogP contribution in [0.5, 0.6) is 0 Å². The van der Waals surface area contributed by atoms with Gasteiger partial charge in [-0.1, -0.05) is 6.07 Å². The molecule has 0 aliphatic carbocycles. The van der Waals surface area contributed by atoms with Gasteiger partial charge in [0.1, 0.15) is 11.6 Å². The smallest absolute Gasteiger partial charge is 0.269 e. The summed E-state index contributed by atoms with van der Waals surface area (Å²) in [7, 11) is 0. The highest BCUT2D eigenvalue weighted by atomic mass is 19.1. The first-order valence-electron chi connectivity index (χ1n) is 10.7. The molecule has 0 saturated carbocycles. The van der Waals surface area contributed by atoms with Crippen LogP contribution in [0.15, 0.2) is 54.9 Å². The summed E-state index contributed by atoms with van der Waals surface area (Å²) in [6, 6.07) is 12.8. The number of nitrogens with zero attached hydrogens (tertiary/aromatic N) is 5. The van der Waals surface area contributed by atoms with Gasteiger partial charge in [-0.15, -0.1) is 0 Å². The minimum Gasteiger partial charge on any atom is -0.395 e. The monoisotopic (exact) mass is 479 g/mol. The molecule has 6 N–H and O–H groups in total. The zero-order chi connectivity index (χ0) is 25.4. The number of hydrogen-bond donors (Lipinski definition) is 4. The van der Waals surface area contributed by atoms with E-state index < -0.39 is 11.7 Å². The van der Waals surface area contributed by atoms with Crippen molar-refractivity contribution in [3.05, 3.63) is 77.5 Å². The molecule has 10 nitrogen and oxygen atoms in total. The third-order valence-electron chi connectivity index (χ3n) is 5.62. The average molecular weight is 479 g/mol. The van der Waals surface area contributed by atoms with Gasteiger partial charge in [0, 0.05) is 22.7 Å². The average Bonchev–Trinajstić information content (AvgIpc) is 3.33. The van der Waals surface area contributed by atoms with Crippen LogP contribution in [-0.2, 0) is 0 Å². The molecule has 0 spiro atoms. The number of rotatable bonds is 5. The molecule has 0 bridgehead atoms. The third-order valence-corrected chi connectivity index (χ3v) is 5.62. The van der Waals surface area contributed by atoms with Crippen LogP contribution in [0.1, 0.15) is 21.6 Å². The number of carbonyl (C=O) groups is 1. The van der Waals surface area contributed by atoms with Crippen molar-refractivity contribution in [1.82, 2.24) is 25.1 Å². The molecule has 1 amide bonds. The van der Waals surface area contributed by atoms with Crippen molar-refractivity contribution in [3.63, 3.8) is 0 Å². The molecule has 36 heavy (non-hydrogen) atoms. The van der Waals surface area contributed by atoms with E-state index in [-0.39, 0.29) is 28.6 Å². The van der Waals surface area contributed by atoms with E-state index in [1.165, 1.54) is 30.5 Å². The first-order chi connectivity index (χ1) is 17.4. The fraction of sp³-hybridized carbons (Fsp3) is 0.0400. The molecular formula is C25H18FN9O. The molecule has 11 heteroatoms. The van der Waals surface area contributed by atoms with E-state index in [4.69, 9.17) is 16.5 Å². The van der Waals surface area contributed by atoms with Crippen LogP contribution in [0.2, 0.25) is 0 Å². The number of H-pyrrole nitrogens is 1. The van der Waals surface area contributed by atoms with Gasteiger partial charge in [0.15, 0.2) is 11.5 Å². The third kappa shape index (κ3) is 3.92. The second-order valence-electron chi connectivity index (χ2n) is 7.97. The molecule has 3 heterocycles. The number of hydrogen-bond acceptors (Lipinski definition) is 8. The molecule has 0 atom stereocenters. The number of nitriles is 1. The first-order valence-corrected chi connectivity index (χ1v) is 10.7. The number of primary amides is 1. The van der Waals surface area contributed by atoms with Crippen molar-refractivity contribution in [2.75, 3.05) is 11.1 Å². The van der Waals surface area contributed by atoms with Gasteiger partial charge in [0.05, 0.1) is 40.4 Å². The van der Waals surface area contributed by atoms with Gasteiger partial charge in [-0.3, -0.25) is 9.89 Å². The van der Waals surface area contributed by atoms with Gasteiger partial charge in [-0.2, -0.15) is 10.4 Å². The summed E-state index contributed by atoms with van der Waals surface area (Å²) >= 11 is 0. The molecule has 5 rings (SSSR count). The van der Waals surface area contributed by atoms with E-state index in [0.29, 0.717) is 22.5 Å². The van der Waals surface area contributed by atoms with Crippen LogP contribution in [-0.4, -0.2) is 31.1 Å². The number of halogens is 1. The van der Waals surface area contributed by atoms with Crippen LogP contribution in [0.3, 0.4) is 0 Å². The van der Waals surface area contributed by atoms with Crippen LogP contribution < -0.4 is 16.8 Å². The Morgan fingerprint density at radius 1 is 1.17 bits per heavy atom. The van der Waals surface area contributed by atoms with Crippen molar-refractivity contribution in [2.24, 2.45) is 5.73 Å². The number of nitrogens with one attached hydrogen (secondary N) is 2. The number of pyridine rings is 1. The quantitative estimate of drug-likeness (QED) is 0.294. The molecule has 3 aromatic heterocycles. The maximum absolute atomic E-state index is 14.3. The number of nitrogens with two attached hydrogens (primary N) is 2. The second kappa shape index (κ2) is 8.77. The summed E-state index contributed by atoms with van der Waals surface area (Å²) in [5.41, 5.74) is 15.3. The van der Waals surface area contributed by atoms with Crippen LogP contribution in [0.25, 0.3) is 33.5 Å². The molecule has 0 radical (unpaired) electrons. The maximum Gasteiger partial charge on any atom is 0.269 e. The largest absolute Gasteiger partial charge is 0.395 e. The van der Waals surface area contributed by atoms with Gasteiger partial charge in [0.2, 0.25) is 0 Å². The van der Waals surface area contributed by atoms with Crippen LogP contribution in [0.4, 0.5) is 21.6 Å². The highest BCUT2D eigenvalue weighted by Crippen LogP contribution is 2.37. The fourth-order valence-corrected chi connectivity index (χ4v) is 3.93. The van der Waals surface area contributed by atoms with E-state index in [0.717, 1.165) is 16.5 Å². The lowest BCUT2D eigenvalue weighted by atomic mass is 9.99. The van der Waals surface area contributed by atoms with Gasteiger partial charge >= 0.3 is 0 Å². The maximum atomic E-state index is 14.3. The number of benzene rings is 2. The van der Waals surface area contributed by atoms with E-state index in [9.17, 15) is 14.4 Å². The van der Waals surface area contributed by atoms with Gasteiger partial charge < -0.3 is 16.8 Å². The molecule has 0 aliphatic rings. The lowest BCUT2D eigenvalue weighted by molar-refractivity contribution is 0.0996. The zero-order valence-corrected chi connectivity index (χ0v) is 18.9. The zero-order valence-electron chi connectivity index (χ0n) is 18.9. The predicted octanol–water partition coefficient (Wildman–Crippen LogP) is 3.83. The number of carbonyl (C=O) groups excluding carboxylic acids is 1. The SMILES string of the molecule is Cc1ccc2[nH]ncc2c1-c1nc(-c2ccc(F)cc2Nc2cc(C#N)ccn2)nc(C(N)=O)c1N. The van der Waals surface area contributed by atoms with Crippen molar-refractivity contribution < 1.29 is 9.18 Å². The van der Waals surface area contributed by atoms with E-state index in [2.05, 4.69) is 25.5 Å². The van der Waals surface area contributed by atoms with Gasteiger partial charge in [-0.05, 0) is 48.9 Å². The topological polar surface area (TPSA) is 172 Å². The summed E-state index contributed by atoms with van der Waals surface area (Å²) in [5, 5.41) is 19.9.